The number of carbonyl (C=O) groups excluding carboxylic acids is 4. The van der Waals surface area contributed by atoms with Crippen molar-refractivity contribution in [3.05, 3.63) is 35.8 Å². The summed E-state index contributed by atoms with van der Waals surface area (Å²) >= 11 is 0. The van der Waals surface area contributed by atoms with E-state index in [1.54, 1.807) is 26.8 Å². The van der Waals surface area contributed by atoms with Crippen molar-refractivity contribution >= 4 is 23.5 Å². The Labute approximate surface area is 208 Å². The van der Waals surface area contributed by atoms with E-state index >= 15 is 0 Å². The predicted octanol–water partition coefficient (Wildman–Crippen LogP) is 2.31. The summed E-state index contributed by atoms with van der Waals surface area (Å²) in [5.41, 5.74) is -4.13. The molecule has 8 atom stereocenters. The molecule has 3 fully saturated rings. The predicted molar refractivity (Wildman–Crippen MR) is 123 cm³/mol. The average Bonchev–Trinajstić information content (AvgIpc) is 3.35. The van der Waals surface area contributed by atoms with Gasteiger partial charge in [-0.3, -0.25) is 9.59 Å². The van der Waals surface area contributed by atoms with Crippen LogP contribution in [0, 0.1) is 34.0 Å². The molecule has 4 aliphatic rings. The van der Waals surface area contributed by atoms with E-state index in [2.05, 4.69) is 0 Å². The molecule has 36 heavy (non-hydrogen) atoms. The number of ketones is 2. The van der Waals surface area contributed by atoms with Crippen molar-refractivity contribution < 1.29 is 43.3 Å². The lowest BCUT2D eigenvalue weighted by Gasteiger charge is -2.66. The van der Waals surface area contributed by atoms with Gasteiger partial charge in [0.1, 0.15) is 17.7 Å². The summed E-state index contributed by atoms with van der Waals surface area (Å²) in [6.45, 7) is 6.80. The molecule has 194 valence electrons. The van der Waals surface area contributed by atoms with Crippen molar-refractivity contribution in [1.82, 2.24) is 0 Å². The third-order valence-corrected chi connectivity index (χ3v) is 9.75. The smallest absolute Gasteiger partial charge is 0.335 e. The summed E-state index contributed by atoms with van der Waals surface area (Å²) < 4.78 is 15.7. The van der Waals surface area contributed by atoms with Crippen LogP contribution in [0.2, 0.25) is 0 Å². The molecule has 5 rings (SSSR count). The molecule has 1 aromatic heterocycles. The minimum Gasteiger partial charge on any atom is -0.472 e. The number of furan rings is 1. The normalized spacial score (nSPS) is 42.0. The van der Waals surface area contributed by atoms with Gasteiger partial charge in [-0.05, 0) is 30.9 Å². The maximum atomic E-state index is 13.9. The third kappa shape index (κ3) is 2.90. The van der Waals surface area contributed by atoms with Crippen LogP contribution in [0.15, 0.2) is 34.7 Å². The molecule has 2 N–H and O–H groups in total. The Balaban J connectivity index is 1.69. The highest BCUT2D eigenvalue weighted by Crippen LogP contribution is 2.69. The molecular formula is C27H32O9. The Morgan fingerprint density at radius 1 is 1.17 bits per heavy atom. The molecule has 9 nitrogen and oxygen atoms in total. The lowest BCUT2D eigenvalue weighted by atomic mass is 9.37. The molecule has 0 saturated heterocycles. The molecule has 2 heterocycles. The summed E-state index contributed by atoms with van der Waals surface area (Å²) in [6, 6.07) is 1.71. The number of esters is 2. The van der Waals surface area contributed by atoms with Crippen molar-refractivity contribution in [2.45, 2.75) is 64.8 Å². The van der Waals surface area contributed by atoms with Crippen molar-refractivity contribution in [1.29, 1.82) is 0 Å². The van der Waals surface area contributed by atoms with Gasteiger partial charge in [0.05, 0.1) is 31.2 Å². The first-order chi connectivity index (χ1) is 16.7. The fourth-order valence-corrected chi connectivity index (χ4v) is 8.23. The van der Waals surface area contributed by atoms with Crippen LogP contribution in [-0.4, -0.2) is 52.5 Å². The number of Topliss-reactive ketones (excluding diaryl/α,β-unsaturated/α-hetero) is 2. The van der Waals surface area contributed by atoms with Crippen molar-refractivity contribution in [2.24, 2.45) is 34.0 Å². The van der Waals surface area contributed by atoms with E-state index < -0.39 is 69.5 Å². The van der Waals surface area contributed by atoms with E-state index in [1.807, 2.05) is 6.92 Å². The number of carbonyl (C=O) groups is 4. The van der Waals surface area contributed by atoms with E-state index in [0.717, 1.165) is 7.11 Å². The number of fused-ring (bicyclic) bond motifs is 6. The number of aliphatic hydroxyl groups excluding tert-OH is 1. The van der Waals surface area contributed by atoms with E-state index in [-0.39, 0.29) is 12.2 Å². The first-order valence-electron chi connectivity index (χ1n) is 12.3. The number of aliphatic hydroxyl groups is 2. The van der Waals surface area contributed by atoms with Crippen LogP contribution in [0.4, 0.5) is 0 Å². The topological polar surface area (TPSA) is 140 Å². The number of rotatable bonds is 3. The number of cyclic esters (lactones) is 1. The molecule has 0 aromatic carbocycles. The second kappa shape index (κ2) is 7.61. The van der Waals surface area contributed by atoms with Crippen molar-refractivity contribution in [2.75, 3.05) is 7.11 Å². The molecular weight excluding hydrogens is 468 g/mol. The molecule has 1 aliphatic heterocycles. The summed E-state index contributed by atoms with van der Waals surface area (Å²) in [5.74, 6) is -5.42. The molecule has 3 saturated carbocycles. The van der Waals surface area contributed by atoms with Crippen LogP contribution in [0.25, 0.3) is 0 Å². The molecule has 0 spiro atoms. The van der Waals surface area contributed by atoms with E-state index in [4.69, 9.17) is 13.9 Å². The van der Waals surface area contributed by atoms with E-state index in [1.165, 1.54) is 18.6 Å². The van der Waals surface area contributed by atoms with Gasteiger partial charge < -0.3 is 24.1 Å². The van der Waals surface area contributed by atoms with Gasteiger partial charge in [0.15, 0.2) is 6.10 Å². The highest BCUT2D eigenvalue weighted by molar-refractivity contribution is 6.11. The molecule has 3 aliphatic carbocycles. The summed E-state index contributed by atoms with van der Waals surface area (Å²) in [7, 11) is 1.13. The third-order valence-electron chi connectivity index (χ3n) is 9.75. The van der Waals surface area contributed by atoms with Gasteiger partial charge >= 0.3 is 11.9 Å². The number of hydrogen-bond acceptors (Lipinski definition) is 9. The van der Waals surface area contributed by atoms with Gasteiger partial charge in [-0.2, -0.15) is 0 Å². The van der Waals surface area contributed by atoms with Crippen LogP contribution < -0.4 is 0 Å². The van der Waals surface area contributed by atoms with Gasteiger partial charge in [-0.25, -0.2) is 9.59 Å². The largest absolute Gasteiger partial charge is 0.472 e. The highest BCUT2D eigenvalue weighted by Gasteiger charge is 2.75. The molecule has 9 heteroatoms. The Morgan fingerprint density at radius 2 is 1.86 bits per heavy atom. The van der Waals surface area contributed by atoms with Gasteiger partial charge in [0.25, 0.3) is 0 Å². The first-order valence-corrected chi connectivity index (χ1v) is 12.3. The van der Waals surface area contributed by atoms with Crippen molar-refractivity contribution in [3.8, 4) is 0 Å². The Morgan fingerprint density at radius 3 is 2.47 bits per heavy atom. The SMILES string of the molecule is COC(=O)C(O)C1C(C)(C)C(=O)C2CC3(O)C4=CC(=O)OC(c5ccoc5)C4(C)CCC3C1(C)C2=O. The fourth-order valence-electron chi connectivity index (χ4n) is 8.23. The number of hydrogen-bond donors (Lipinski definition) is 2. The maximum absolute atomic E-state index is 13.9. The molecule has 2 bridgehead atoms. The Bertz CT molecular complexity index is 1180. The minimum atomic E-state index is -1.75. The second-order valence-corrected chi connectivity index (χ2v) is 11.8. The summed E-state index contributed by atoms with van der Waals surface area (Å²) in [4.78, 5) is 52.9. The van der Waals surface area contributed by atoms with E-state index in [9.17, 15) is 29.4 Å². The van der Waals surface area contributed by atoms with Gasteiger partial charge in [-0.1, -0.05) is 27.7 Å². The average molecular weight is 501 g/mol. The summed E-state index contributed by atoms with van der Waals surface area (Å²) in [5, 5.41) is 23.6. The fraction of sp³-hybridized carbons (Fsp3) is 0.630. The van der Waals surface area contributed by atoms with Crippen molar-refractivity contribution in [3.63, 3.8) is 0 Å². The highest BCUT2D eigenvalue weighted by atomic mass is 16.5. The maximum Gasteiger partial charge on any atom is 0.335 e. The van der Waals surface area contributed by atoms with Crippen LogP contribution >= 0.6 is 0 Å². The molecule has 1 aromatic rings. The van der Waals surface area contributed by atoms with Crippen LogP contribution in [0.5, 0.6) is 0 Å². The lowest BCUT2D eigenvalue weighted by Crippen LogP contribution is -2.73. The Hall–Kier alpha value is -2.78. The lowest BCUT2D eigenvalue weighted by molar-refractivity contribution is -0.217. The van der Waals surface area contributed by atoms with Crippen LogP contribution in [0.1, 0.15) is 58.6 Å². The first kappa shape index (κ1) is 24.9. The monoisotopic (exact) mass is 500 g/mol. The molecule has 8 unspecified atom stereocenters. The summed E-state index contributed by atoms with van der Waals surface area (Å²) in [6.07, 6.45) is 2.44. The van der Waals surface area contributed by atoms with Crippen LogP contribution in [0.3, 0.4) is 0 Å². The van der Waals surface area contributed by atoms with Crippen LogP contribution in [-0.2, 0) is 28.7 Å². The number of methoxy groups -OCH3 is 1. The van der Waals surface area contributed by atoms with Gasteiger partial charge in [0.2, 0.25) is 0 Å². The van der Waals surface area contributed by atoms with Gasteiger partial charge in [0, 0.05) is 39.7 Å². The zero-order valence-electron chi connectivity index (χ0n) is 21.1. The Kier molecular flexibility index (Phi) is 5.27. The zero-order valence-corrected chi connectivity index (χ0v) is 21.1. The standard InChI is InChI=1S/C27H32O9/c1-24(2)19(18(29)23(32)34-5)26(4)15-6-8-25(3)16(27(15,33)11-14(20(24)30)21(26)31)10-17(28)36-22(25)13-7-9-35-12-13/h7,9-10,12,14-15,18-19,22,29,33H,6,8,11H2,1-5H3. The number of ether oxygens (including phenoxy) is 2. The second-order valence-electron chi connectivity index (χ2n) is 11.8. The molecule has 0 radical (unpaired) electrons. The molecule has 0 amide bonds. The van der Waals surface area contributed by atoms with Gasteiger partial charge in [-0.15, -0.1) is 0 Å². The van der Waals surface area contributed by atoms with E-state index in [0.29, 0.717) is 24.0 Å². The quantitative estimate of drug-likeness (QED) is 0.472. The minimum absolute atomic E-state index is 0.164. The zero-order chi connectivity index (χ0) is 26.4.